The molecule has 28 heavy (non-hydrogen) atoms. The molecule has 0 aliphatic carbocycles. The molecule has 0 amide bonds. The van der Waals surface area contributed by atoms with Crippen LogP contribution >= 0.6 is 0 Å². The van der Waals surface area contributed by atoms with E-state index in [9.17, 15) is 10.2 Å². The Kier molecular flexibility index (Phi) is 7.28. The minimum atomic E-state index is -0.0389. The molecule has 0 unspecified atom stereocenters. The number of piperazine rings is 1. The van der Waals surface area contributed by atoms with Crippen LogP contribution in [0.15, 0.2) is 36.4 Å². The summed E-state index contributed by atoms with van der Waals surface area (Å²) in [7, 11) is 3.31. The van der Waals surface area contributed by atoms with Crippen molar-refractivity contribution in [3.8, 4) is 11.5 Å². The molecule has 0 radical (unpaired) electrons. The van der Waals surface area contributed by atoms with E-state index in [4.69, 9.17) is 9.47 Å². The molecule has 0 saturated carbocycles. The zero-order valence-corrected chi connectivity index (χ0v) is 16.7. The Morgan fingerprint density at radius 2 is 1.25 bits per heavy atom. The predicted octanol–water partition coefficient (Wildman–Crippen LogP) is 2.01. The van der Waals surface area contributed by atoms with Gasteiger partial charge >= 0.3 is 0 Å². The summed E-state index contributed by atoms with van der Waals surface area (Å²) in [6, 6.07) is 12.0. The van der Waals surface area contributed by atoms with Crippen molar-refractivity contribution in [1.29, 1.82) is 0 Å². The largest absolute Gasteiger partial charge is 0.493 e. The van der Waals surface area contributed by atoms with Crippen molar-refractivity contribution in [1.82, 2.24) is 9.80 Å². The van der Waals surface area contributed by atoms with Crippen molar-refractivity contribution >= 4 is 0 Å². The lowest BCUT2D eigenvalue weighted by atomic mass is 10.0. The first kappa shape index (κ1) is 20.6. The molecule has 1 fully saturated rings. The average molecular weight is 386 g/mol. The molecular formula is C22H30N2O4. The Labute approximate surface area is 166 Å². The summed E-state index contributed by atoms with van der Waals surface area (Å²) in [4.78, 5) is 4.88. The number of rotatable bonds is 8. The van der Waals surface area contributed by atoms with Gasteiger partial charge in [-0.05, 0) is 34.4 Å². The maximum absolute atomic E-state index is 9.48. The summed E-state index contributed by atoms with van der Waals surface area (Å²) in [5.74, 6) is 1.52. The molecule has 1 aliphatic heterocycles. The minimum absolute atomic E-state index is 0.0367. The third-order valence-corrected chi connectivity index (χ3v) is 5.34. The van der Waals surface area contributed by atoms with Gasteiger partial charge in [0.2, 0.25) is 0 Å². The molecule has 2 N–H and O–H groups in total. The maximum atomic E-state index is 9.48. The Balaban J connectivity index is 1.53. The molecule has 1 aliphatic rings. The zero-order chi connectivity index (χ0) is 19.9. The van der Waals surface area contributed by atoms with Gasteiger partial charge in [0.25, 0.3) is 0 Å². The van der Waals surface area contributed by atoms with Crippen LogP contribution < -0.4 is 9.47 Å². The van der Waals surface area contributed by atoms with Gasteiger partial charge in [0, 0.05) is 39.3 Å². The molecular weight excluding hydrogens is 356 g/mol. The quantitative estimate of drug-likeness (QED) is 0.724. The molecule has 0 aromatic heterocycles. The van der Waals surface area contributed by atoms with Crippen LogP contribution in [0.3, 0.4) is 0 Å². The molecule has 1 saturated heterocycles. The fourth-order valence-electron chi connectivity index (χ4n) is 3.68. The fourth-order valence-corrected chi connectivity index (χ4v) is 3.68. The topological polar surface area (TPSA) is 65.4 Å². The lowest BCUT2D eigenvalue weighted by molar-refractivity contribution is 0.122. The standard InChI is InChI=1S/C22H30N2O4/c1-27-21-6-4-18(12-22(21)28-2)14-24-9-7-23(8-10-24)13-17-3-5-19(15-25)20(11-17)16-26/h3-6,11-12,25-26H,7-10,13-16H2,1-2H3. The SMILES string of the molecule is COc1ccc(CN2CCN(Cc3ccc(CO)c(CO)c3)CC2)cc1OC. The molecule has 1 heterocycles. The minimum Gasteiger partial charge on any atom is -0.493 e. The molecule has 152 valence electrons. The molecule has 6 heteroatoms. The van der Waals surface area contributed by atoms with Crippen molar-refractivity contribution in [2.24, 2.45) is 0 Å². The highest BCUT2D eigenvalue weighted by Crippen LogP contribution is 2.28. The second-order valence-corrected chi connectivity index (χ2v) is 7.16. The maximum Gasteiger partial charge on any atom is 0.161 e. The summed E-state index contributed by atoms with van der Waals surface area (Å²) in [6.07, 6.45) is 0. The average Bonchev–Trinajstić information content (AvgIpc) is 2.74. The lowest BCUT2D eigenvalue weighted by Gasteiger charge is -2.35. The summed E-state index contributed by atoms with van der Waals surface area (Å²) in [5.41, 5.74) is 4.01. The Morgan fingerprint density at radius 3 is 1.79 bits per heavy atom. The number of ether oxygens (including phenoxy) is 2. The van der Waals surface area contributed by atoms with Crippen LogP contribution in [0.1, 0.15) is 22.3 Å². The summed E-state index contributed by atoms with van der Waals surface area (Å²) < 4.78 is 10.7. The molecule has 2 aromatic carbocycles. The molecule has 0 spiro atoms. The highest BCUT2D eigenvalue weighted by Gasteiger charge is 2.18. The summed E-state index contributed by atoms with van der Waals surface area (Å²) >= 11 is 0. The zero-order valence-electron chi connectivity index (χ0n) is 16.7. The second-order valence-electron chi connectivity index (χ2n) is 7.16. The number of nitrogens with zero attached hydrogens (tertiary/aromatic N) is 2. The molecule has 2 aromatic rings. The van der Waals surface area contributed by atoms with E-state index < -0.39 is 0 Å². The van der Waals surface area contributed by atoms with Gasteiger partial charge in [-0.15, -0.1) is 0 Å². The Bertz CT molecular complexity index is 708. The normalized spacial score (nSPS) is 15.6. The fraction of sp³-hybridized carbons (Fsp3) is 0.455. The van der Waals surface area contributed by atoms with Crippen LogP contribution in [0.5, 0.6) is 11.5 Å². The van der Waals surface area contributed by atoms with Crippen molar-refractivity contribution in [3.63, 3.8) is 0 Å². The van der Waals surface area contributed by atoms with Crippen LogP contribution in [-0.4, -0.2) is 60.4 Å². The van der Waals surface area contributed by atoms with E-state index in [1.54, 1.807) is 14.2 Å². The molecule has 3 rings (SSSR count). The molecule has 6 nitrogen and oxygen atoms in total. The van der Waals surface area contributed by atoms with E-state index in [-0.39, 0.29) is 13.2 Å². The number of methoxy groups -OCH3 is 2. The molecule has 0 atom stereocenters. The number of benzene rings is 2. The van der Waals surface area contributed by atoms with E-state index in [1.165, 1.54) is 11.1 Å². The van der Waals surface area contributed by atoms with Gasteiger partial charge in [0.05, 0.1) is 27.4 Å². The van der Waals surface area contributed by atoms with Crippen molar-refractivity contribution < 1.29 is 19.7 Å². The van der Waals surface area contributed by atoms with Gasteiger partial charge in [0.1, 0.15) is 0 Å². The van der Waals surface area contributed by atoms with Crippen LogP contribution in [0.4, 0.5) is 0 Å². The number of aliphatic hydroxyl groups is 2. The summed E-state index contributed by atoms with van der Waals surface area (Å²) in [6.45, 7) is 5.71. The number of hydrogen-bond acceptors (Lipinski definition) is 6. The Hall–Kier alpha value is -2.12. The highest BCUT2D eigenvalue weighted by atomic mass is 16.5. The number of hydrogen-bond donors (Lipinski definition) is 2. The van der Waals surface area contributed by atoms with Crippen LogP contribution in [0, 0.1) is 0 Å². The van der Waals surface area contributed by atoms with Crippen LogP contribution in [0.25, 0.3) is 0 Å². The van der Waals surface area contributed by atoms with Crippen molar-refractivity contribution in [2.75, 3.05) is 40.4 Å². The third kappa shape index (κ3) is 5.02. The monoisotopic (exact) mass is 386 g/mol. The van der Waals surface area contributed by atoms with Gasteiger partial charge in [-0.2, -0.15) is 0 Å². The van der Waals surface area contributed by atoms with E-state index >= 15 is 0 Å². The van der Waals surface area contributed by atoms with Gasteiger partial charge in [-0.25, -0.2) is 0 Å². The lowest BCUT2D eigenvalue weighted by Crippen LogP contribution is -2.45. The van der Waals surface area contributed by atoms with Crippen LogP contribution in [-0.2, 0) is 26.3 Å². The van der Waals surface area contributed by atoms with E-state index in [0.29, 0.717) is 0 Å². The van der Waals surface area contributed by atoms with Gasteiger partial charge in [0.15, 0.2) is 11.5 Å². The highest BCUT2D eigenvalue weighted by molar-refractivity contribution is 5.42. The molecule has 0 bridgehead atoms. The summed E-state index contributed by atoms with van der Waals surface area (Å²) in [5, 5.41) is 18.8. The first-order valence-electron chi connectivity index (χ1n) is 9.64. The van der Waals surface area contributed by atoms with E-state index in [2.05, 4.69) is 15.9 Å². The number of aliphatic hydroxyl groups excluding tert-OH is 2. The first-order valence-corrected chi connectivity index (χ1v) is 9.64. The van der Waals surface area contributed by atoms with E-state index in [1.807, 2.05) is 30.3 Å². The van der Waals surface area contributed by atoms with Crippen molar-refractivity contribution in [2.45, 2.75) is 26.3 Å². The smallest absolute Gasteiger partial charge is 0.161 e. The Morgan fingerprint density at radius 1 is 0.714 bits per heavy atom. The van der Waals surface area contributed by atoms with Gasteiger partial charge in [-0.1, -0.05) is 24.3 Å². The van der Waals surface area contributed by atoms with Crippen molar-refractivity contribution in [3.05, 3.63) is 58.7 Å². The van der Waals surface area contributed by atoms with Gasteiger partial charge in [-0.3, -0.25) is 9.80 Å². The predicted molar refractivity (Wildman–Crippen MR) is 108 cm³/mol. The van der Waals surface area contributed by atoms with Crippen LogP contribution in [0.2, 0.25) is 0 Å². The first-order chi connectivity index (χ1) is 13.7. The van der Waals surface area contributed by atoms with E-state index in [0.717, 1.165) is 61.9 Å². The third-order valence-electron chi connectivity index (χ3n) is 5.34. The second kappa shape index (κ2) is 9.89. The van der Waals surface area contributed by atoms with Gasteiger partial charge < -0.3 is 19.7 Å².